The summed E-state index contributed by atoms with van der Waals surface area (Å²) in [5.41, 5.74) is 1.64. The molecule has 1 amide bonds. The quantitative estimate of drug-likeness (QED) is 0.459. The Morgan fingerprint density at radius 1 is 1.14 bits per heavy atom. The highest BCUT2D eigenvalue weighted by atomic mass is 19.1. The molecule has 1 aliphatic heterocycles. The van der Waals surface area contributed by atoms with Crippen LogP contribution in [0.2, 0.25) is 0 Å². The third-order valence-electron chi connectivity index (χ3n) is 4.93. The molecule has 0 aliphatic carbocycles. The molecule has 2 aromatic carbocycles. The van der Waals surface area contributed by atoms with E-state index in [1.54, 1.807) is 18.2 Å². The van der Waals surface area contributed by atoms with E-state index in [0.29, 0.717) is 16.9 Å². The molecule has 1 heterocycles. The first-order valence-corrected chi connectivity index (χ1v) is 9.06. The molecule has 7 heteroatoms. The molecule has 1 fully saturated rings. The van der Waals surface area contributed by atoms with Crippen LogP contribution in [0.15, 0.2) is 48.0 Å². The zero-order chi connectivity index (χ0) is 21.1. The number of ether oxygens (including phenoxy) is 2. The number of aliphatic hydroxyl groups is 1. The van der Waals surface area contributed by atoms with E-state index in [1.165, 1.54) is 43.4 Å². The summed E-state index contributed by atoms with van der Waals surface area (Å²) in [5.74, 6) is -1.61. The minimum absolute atomic E-state index is 0.0396. The summed E-state index contributed by atoms with van der Waals surface area (Å²) in [5, 5.41) is 11.0. The monoisotopic (exact) mass is 399 g/mol. The lowest BCUT2D eigenvalue weighted by atomic mass is 9.95. The van der Waals surface area contributed by atoms with E-state index in [9.17, 15) is 19.1 Å². The minimum atomic E-state index is -0.840. The van der Waals surface area contributed by atoms with Gasteiger partial charge in [0.05, 0.1) is 25.3 Å². The number of carbonyl (C=O) groups excluding carboxylic acids is 2. The number of benzene rings is 2. The third-order valence-corrected chi connectivity index (χ3v) is 4.93. The zero-order valence-corrected chi connectivity index (χ0v) is 16.4. The summed E-state index contributed by atoms with van der Waals surface area (Å²) < 4.78 is 23.7. The standard InChI is InChI=1S/C22H22FNO5/c1-13-12-15(6-9-17(13)29-3)20(25)18-19(14-4-7-16(23)8-5-14)24(10-11-28-2)22(27)21(18)26/h4-9,12,19,25H,10-11H2,1-3H3. The molecule has 0 saturated carbocycles. The molecule has 29 heavy (non-hydrogen) atoms. The van der Waals surface area contributed by atoms with E-state index in [4.69, 9.17) is 9.47 Å². The van der Waals surface area contributed by atoms with Crippen LogP contribution in [-0.2, 0) is 14.3 Å². The van der Waals surface area contributed by atoms with Crippen molar-refractivity contribution in [1.82, 2.24) is 4.90 Å². The smallest absolute Gasteiger partial charge is 0.295 e. The second-order valence-electron chi connectivity index (χ2n) is 6.72. The van der Waals surface area contributed by atoms with Gasteiger partial charge >= 0.3 is 0 Å². The van der Waals surface area contributed by atoms with Gasteiger partial charge in [0.1, 0.15) is 17.3 Å². The maximum Gasteiger partial charge on any atom is 0.295 e. The van der Waals surface area contributed by atoms with Gasteiger partial charge in [0.25, 0.3) is 11.7 Å². The number of methoxy groups -OCH3 is 2. The van der Waals surface area contributed by atoms with Crippen molar-refractivity contribution in [2.24, 2.45) is 0 Å². The second-order valence-corrected chi connectivity index (χ2v) is 6.72. The minimum Gasteiger partial charge on any atom is -0.507 e. The number of aryl methyl sites for hydroxylation is 1. The highest BCUT2D eigenvalue weighted by Crippen LogP contribution is 2.39. The van der Waals surface area contributed by atoms with E-state index >= 15 is 0 Å². The second kappa shape index (κ2) is 8.45. The summed E-state index contributed by atoms with van der Waals surface area (Å²) >= 11 is 0. The first-order valence-electron chi connectivity index (χ1n) is 9.06. The number of amides is 1. The molecule has 152 valence electrons. The number of hydrogen-bond donors (Lipinski definition) is 1. The topological polar surface area (TPSA) is 76.1 Å². The van der Waals surface area contributed by atoms with Crippen molar-refractivity contribution in [2.75, 3.05) is 27.4 Å². The maximum absolute atomic E-state index is 13.4. The van der Waals surface area contributed by atoms with E-state index in [2.05, 4.69) is 0 Å². The lowest BCUT2D eigenvalue weighted by Crippen LogP contribution is -2.32. The number of likely N-dealkylation sites (tertiary alicyclic amines) is 1. The zero-order valence-electron chi connectivity index (χ0n) is 16.4. The number of Topliss-reactive ketones (excluding diaryl/α,β-unsaturated/α-hetero) is 1. The van der Waals surface area contributed by atoms with Crippen molar-refractivity contribution in [3.63, 3.8) is 0 Å². The van der Waals surface area contributed by atoms with Gasteiger partial charge in [-0.2, -0.15) is 0 Å². The lowest BCUT2D eigenvalue weighted by molar-refractivity contribution is -0.140. The Kier molecular flexibility index (Phi) is 5.98. The predicted octanol–water partition coefficient (Wildman–Crippen LogP) is 3.21. The Bertz CT molecular complexity index is 968. The van der Waals surface area contributed by atoms with Gasteiger partial charge in [0.2, 0.25) is 0 Å². The van der Waals surface area contributed by atoms with Crippen LogP contribution < -0.4 is 4.74 Å². The number of nitrogens with zero attached hydrogens (tertiary/aromatic N) is 1. The molecule has 0 aromatic heterocycles. The molecule has 3 rings (SSSR count). The van der Waals surface area contributed by atoms with Gasteiger partial charge in [-0.25, -0.2) is 4.39 Å². The van der Waals surface area contributed by atoms with E-state index in [0.717, 1.165) is 5.56 Å². The Hall–Kier alpha value is -3.19. The van der Waals surface area contributed by atoms with E-state index in [-0.39, 0.29) is 24.5 Å². The molecule has 1 atom stereocenters. The van der Waals surface area contributed by atoms with E-state index in [1.807, 2.05) is 6.92 Å². The number of rotatable bonds is 6. The first-order chi connectivity index (χ1) is 13.9. The fraction of sp³-hybridized carbons (Fsp3) is 0.273. The van der Waals surface area contributed by atoms with Gasteiger partial charge < -0.3 is 19.5 Å². The molecule has 1 saturated heterocycles. The molecule has 0 bridgehead atoms. The fourth-order valence-electron chi connectivity index (χ4n) is 3.47. The number of aliphatic hydroxyl groups excluding tert-OH is 1. The number of hydrogen-bond acceptors (Lipinski definition) is 5. The summed E-state index contributed by atoms with van der Waals surface area (Å²) in [7, 11) is 3.03. The summed E-state index contributed by atoms with van der Waals surface area (Å²) in [6, 6.07) is 9.64. The van der Waals surface area contributed by atoms with Crippen LogP contribution in [0.3, 0.4) is 0 Å². The first kappa shape index (κ1) is 20.5. The van der Waals surface area contributed by atoms with Crippen LogP contribution >= 0.6 is 0 Å². The Morgan fingerprint density at radius 2 is 1.83 bits per heavy atom. The largest absolute Gasteiger partial charge is 0.507 e. The van der Waals surface area contributed by atoms with Crippen molar-refractivity contribution in [2.45, 2.75) is 13.0 Å². The Balaban J connectivity index is 2.15. The van der Waals surface area contributed by atoms with Crippen molar-refractivity contribution < 1.29 is 28.6 Å². The molecular weight excluding hydrogens is 377 g/mol. The summed E-state index contributed by atoms with van der Waals surface area (Å²) in [4.78, 5) is 26.8. The SMILES string of the molecule is COCCN1C(=O)C(=O)C(=C(O)c2ccc(OC)c(C)c2)C1c1ccc(F)cc1. The van der Waals surface area contributed by atoms with Crippen LogP contribution in [-0.4, -0.2) is 49.1 Å². The van der Waals surface area contributed by atoms with Gasteiger partial charge in [-0.15, -0.1) is 0 Å². The summed E-state index contributed by atoms with van der Waals surface area (Å²) in [6.07, 6.45) is 0. The molecule has 1 N–H and O–H groups in total. The summed E-state index contributed by atoms with van der Waals surface area (Å²) in [6.45, 7) is 2.18. The van der Waals surface area contributed by atoms with Crippen LogP contribution in [0.25, 0.3) is 5.76 Å². The van der Waals surface area contributed by atoms with Gasteiger partial charge in [-0.05, 0) is 48.4 Å². The normalized spacial score (nSPS) is 18.3. The van der Waals surface area contributed by atoms with E-state index < -0.39 is 23.5 Å². The third kappa shape index (κ3) is 3.86. The molecule has 1 aliphatic rings. The predicted molar refractivity (Wildman–Crippen MR) is 105 cm³/mol. The molecule has 0 spiro atoms. The number of ketones is 1. The number of carbonyl (C=O) groups is 2. The lowest BCUT2D eigenvalue weighted by Gasteiger charge is -2.25. The Labute approximate surface area is 168 Å². The molecular formula is C22H22FNO5. The van der Waals surface area contributed by atoms with Crippen LogP contribution in [0.4, 0.5) is 4.39 Å². The van der Waals surface area contributed by atoms with Gasteiger partial charge in [0.15, 0.2) is 0 Å². The van der Waals surface area contributed by atoms with Crippen LogP contribution in [0, 0.1) is 12.7 Å². The maximum atomic E-state index is 13.4. The number of halogens is 1. The molecule has 1 unspecified atom stereocenters. The van der Waals surface area contributed by atoms with Crippen LogP contribution in [0.5, 0.6) is 5.75 Å². The highest BCUT2D eigenvalue weighted by Gasteiger charge is 2.45. The fourth-order valence-corrected chi connectivity index (χ4v) is 3.47. The average molecular weight is 399 g/mol. The highest BCUT2D eigenvalue weighted by molar-refractivity contribution is 6.46. The van der Waals surface area contributed by atoms with Gasteiger partial charge in [-0.1, -0.05) is 12.1 Å². The van der Waals surface area contributed by atoms with Crippen molar-refractivity contribution in [1.29, 1.82) is 0 Å². The molecule has 2 aromatic rings. The molecule has 0 radical (unpaired) electrons. The van der Waals surface area contributed by atoms with Crippen molar-refractivity contribution in [3.8, 4) is 5.75 Å². The molecule has 6 nitrogen and oxygen atoms in total. The average Bonchev–Trinajstić information content (AvgIpc) is 2.96. The van der Waals surface area contributed by atoms with Crippen LogP contribution in [0.1, 0.15) is 22.7 Å². The van der Waals surface area contributed by atoms with Gasteiger partial charge in [0, 0.05) is 19.2 Å². The van der Waals surface area contributed by atoms with Gasteiger partial charge in [-0.3, -0.25) is 9.59 Å². The van der Waals surface area contributed by atoms with Crippen molar-refractivity contribution >= 4 is 17.4 Å². The van der Waals surface area contributed by atoms with Crippen molar-refractivity contribution in [3.05, 3.63) is 70.5 Å². The Morgan fingerprint density at radius 3 is 2.41 bits per heavy atom.